The van der Waals surface area contributed by atoms with Crippen LogP contribution in [0.15, 0.2) is 58.3 Å². The molecular formula is C19H24N2O3S2. The number of benzene rings is 2. The molecule has 0 aliphatic heterocycles. The van der Waals surface area contributed by atoms with E-state index in [2.05, 4.69) is 10.0 Å². The molecule has 0 heterocycles. The Hall–Kier alpha value is -1.83. The predicted octanol–water partition coefficient (Wildman–Crippen LogP) is 3.67. The van der Waals surface area contributed by atoms with Crippen molar-refractivity contribution in [3.8, 4) is 0 Å². The zero-order chi connectivity index (χ0) is 19.2. The molecule has 0 fully saturated rings. The van der Waals surface area contributed by atoms with E-state index >= 15 is 0 Å². The second-order valence-electron chi connectivity index (χ2n) is 6.20. The van der Waals surface area contributed by atoms with Gasteiger partial charge in [0, 0.05) is 23.0 Å². The summed E-state index contributed by atoms with van der Waals surface area (Å²) in [6.07, 6.45) is 2.87. The first-order valence-electron chi connectivity index (χ1n) is 8.35. The average molecular weight is 393 g/mol. The summed E-state index contributed by atoms with van der Waals surface area (Å²) in [4.78, 5) is 13.4. The van der Waals surface area contributed by atoms with E-state index in [0.717, 1.165) is 16.1 Å². The van der Waals surface area contributed by atoms with Crippen LogP contribution in [0, 0.1) is 0 Å². The normalized spacial score (nSPS) is 11.5. The van der Waals surface area contributed by atoms with Crippen molar-refractivity contribution in [3.05, 3.63) is 54.1 Å². The number of hydrogen-bond acceptors (Lipinski definition) is 4. The smallest absolute Gasteiger partial charge is 0.240 e. The minimum Gasteiger partial charge on any atom is -0.326 e. The van der Waals surface area contributed by atoms with Gasteiger partial charge >= 0.3 is 0 Å². The molecule has 0 bridgehead atoms. The Labute approximate surface area is 159 Å². The van der Waals surface area contributed by atoms with Crippen molar-refractivity contribution in [2.24, 2.45) is 0 Å². The van der Waals surface area contributed by atoms with Gasteiger partial charge in [-0.1, -0.05) is 18.2 Å². The van der Waals surface area contributed by atoms with Crippen LogP contribution in [-0.4, -0.2) is 26.6 Å². The molecule has 0 radical (unpaired) electrons. The molecule has 5 nitrogen and oxygen atoms in total. The van der Waals surface area contributed by atoms with Crippen LogP contribution in [0.5, 0.6) is 0 Å². The average Bonchev–Trinajstić information content (AvgIpc) is 2.59. The number of rotatable bonds is 8. The van der Waals surface area contributed by atoms with Crippen LogP contribution in [0.2, 0.25) is 0 Å². The highest BCUT2D eigenvalue weighted by Gasteiger charge is 2.15. The molecule has 2 aromatic rings. The Bertz CT molecular complexity index is 847. The number of anilines is 1. The fourth-order valence-corrected chi connectivity index (χ4v) is 4.11. The van der Waals surface area contributed by atoms with Crippen LogP contribution < -0.4 is 10.0 Å². The van der Waals surface area contributed by atoms with E-state index in [1.165, 1.54) is 0 Å². The van der Waals surface area contributed by atoms with Crippen molar-refractivity contribution in [2.45, 2.75) is 42.5 Å². The molecule has 0 spiro atoms. The number of carbonyl (C=O) groups is 1. The van der Waals surface area contributed by atoms with E-state index in [9.17, 15) is 13.2 Å². The van der Waals surface area contributed by atoms with Gasteiger partial charge in [0.15, 0.2) is 0 Å². The lowest BCUT2D eigenvalue weighted by molar-refractivity contribution is -0.116. The standard InChI is InChI=1S/C19H24N2O3S2/c1-14(2)21-26(23,24)18-10-7-15(8-11-18)9-12-19(22)20-16-5-4-6-17(13-16)25-3/h4-8,10-11,13-14,21H,9,12H2,1-3H3,(H,20,22). The van der Waals surface area contributed by atoms with Gasteiger partial charge in [-0.25, -0.2) is 13.1 Å². The first kappa shape index (κ1) is 20.5. The molecule has 0 aliphatic carbocycles. The molecule has 0 aliphatic rings. The summed E-state index contributed by atoms with van der Waals surface area (Å²) in [5.74, 6) is -0.0681. The van der Waals surface area contributed by atoms with E-state index in [1.807, 2.05) is 30.5 Å². The molecule has 140 valence electrons. The zero-order valence-corrected chi connectivity index (χ0v) is 16.8. The highest BCUT2D eigenvalue weighted by Crippen LogP contribution is 2.19. The second kappa shape index (κ2) is 9.21. The van der Waals surface area contributed by atoms with Gasteiger partial charge in [-0.15, -0.1) is 11.8 Å². The molecule has 2 aromatic carbocycles. The lowest BCUT2D eigenvalue weighted by atomic mass is 10.1. The van der Waals surface area contributed by atoms with E-state index in [4.69, 9.17) is 0 Å². The molecule has 2 rings (SSSR count). The Morgan fingerprint density at radius 1 is 1.12 bits per heavy atom. The molecule has 0 saturated carbocycles. The minimum atomic E-state index is -3.49. The Kier molecular flexibility index (Phi) is 7.25. The van der Waals surface area contributed by atoms with Gasteiger partial charge in [0.2, 0.25) is 15.9 Å². The minimum absolute atomic E-state index is 0.0681. The third kappa shape index (κ3) is 6.16. The molecule has 7 heteroatoms. The first-order valence-corrected chi connectivity index (χ1v) is 11.1. The quantitative estimate of drug-likeness (QED) is 0.672. The molecular weight excluding hydrogens is 368 g/mol. The maximum Gasteiger partial charge on any atom is 0.240 e. The lowest BCUT2D eigenvalue weighted by Crippen LogP contribution is -2.30. The topological polar surface area (TPSA) is 75.3 Å². The van der Waals surface area contributed by atoms with Crippen LogP contribution in [-0.2, 0) is 21.2 Å². The van der Waals surface area contributed by atoms with Crippen molar-refractivity contribution in [1.29, 1.82) is 0 Å². The Morgan fingerprint density at radius 2 is 1.81 bits per heavy atom. The maximum atomic E-state index is 12.1. The van der Waals surface area contributed by atoms with E-state index < -0.39 is 10.0 Å². The number of thioether (sulfide) groups is 1. The fourth-order valence-electron chi connectivity index (χ4n) is 2.40. The van der Waals surface area contributed by atoms with Gasteiger partial charge < -0.3 is 5.32 Å². The maximum absolute atomic E-state index is 12.1. The van der Waals surface area contributed by atoms with Gasteiger partial charge in [-0.05, 0) is 62.4 Å². The van der Waals surface area contributed by atoms with Crippen LogP contribution in [0.25, 0.3) is 0 Å². The number of carbonyl (C=O) groups excluding carboxylic acids is 1. The largest absolute Gasteiger partial charge is 0.326 e. The molecule has 2 N–H and O–H groups in total. The summed E-state index contributed by atoms with van der Waals surface area (Å²) < 4.78 is 26.7. The zero-order valence-electron chi connectivity index (χ0n) is 15.2. The number of aryl methyl sites for hydroxylation is 1. The number of hydrogen-bond donors (Lipinski definition) is 2. The summed E-state index contributed by atoms with van der Waals surface area (Å²) in [5, 5.41) is 2.89. The van der Waals surface area contributed by atoms with Gasteiger partial charge in [-0.3, -0.25) is 4.79 Å². The fraction of sp³-hybridized carbons (Fsp3) is 0.316. The van der Waals surface area contributed by atoms with E-state index in [1.54, 1.807) is 49.9 Å². The van der Waals surface area contributed by atoms with Gasteiger partial charge in [0.25, 0.3) is 0 Å². The number of sulfonamides is 1. The van der Waals surface area contributed by atoms with Crippen LogP contribution in [0.1, 0.15) is 25.8 Å². The van der Waals surface area contributed by atoms with Crippen LogP contribution in [0.4, 0.5) is 5.69 Å². The molecule has 0 unspecified atom stereocenters. The van der Waals surface area contributed by atoms with E-state index in [0.29, 0.717) is 12.8 Å². The highest BCUT2D eigenvalue weighted by atomic mass is 32.2. The van der Waals surface area contributed by atoms with Crippen molar-refractivity contribution in [1.82, 2.24) is 4.72 Å². The number of nitrogens with one attached hydrogen (secondary N) is 2. The predicted molar refractivity (Wildman–Crippen MR) is 107 cm³/mol. The molecule has 0 aromatic heterocycles. The number of amides is 1. The SMILES string of the molecule is CSc1cccc(NC(=O)CCc2ccc(S(=O)(=O)NC(C)C)cc2)c1. The summed E-state index contributed by atoms with van der Waals surface area (Å²) in [7, 11) is -3.49. The van der Waals surface area contributed by atoms with Crippen molar-refractivity contribution < 1.29 is 13.2 Å². The van der Waals surface area contributed by atoms with Crippen molar-refractivity contribution in [2.75, 3.05) is 11.6 Å². The molecule has 26 heavy (non-hydrogen) atoms. The van der Waals surface area contributed by atoms with Crippen LogP contribution in [0.3, 0.4) is 0 Å². The first-order chi connectivity index (χ1) is 12.3. The summed E-state index contributed by atoms with van der Waals surface area (Å²) in [6, 6.07) is 14.2. The Balaban J connectivity index is 1.92. The third-order valence-corrected chi connectivity index (χ3v) is 6.02. The second-order valence-corrected chi connectivity index (χ2v) is 8.79. The summed E-state index contributed by atoms with van der Waals surface area (Å²) in [6.45, 7) is 3.55. The molecule has 0 atom stereocenters. The highest BCUT2D eigenvalue weighted by molar-refractivity contribution is 7.98. The lowest BCUT2D eigenvalue weighted by Gasteiger charge is -2.10. The third-order valence-electron chi connectivity index (χ3n) is 3.62. The van der Waals surface area contributed by atoms with Gasteiger partial charge in [0.1, 0.15) is 0 Å². The summed E-state index contributed by atoms with van der Waals surface area (Å²) >= 11 is 1.62. The monoisotopic (exact) mass is 392 g/mol. The van der Waals surface area contributed by atoms with Crippen molar-refractivity contribution >= 4 is 33.4 Å². The van der Waals surface area contributed by atoms with E-state index in [-0.39, 0.29) is 16.8 Å². The Morgan fingerprint density at radius 3 is 2.42 bits per heavy atom. The molecule has 0 saturated heterocycles. The van der Waals surface area contributed by atoms with Gasteiger partial charge in [0.05, 0.1) is 4.90 Å². The van der Waals surface area contributed by atoms with Crippen molar-refractivity contribution in [3.63, 3.8) is 0 Å². The van der Waals surface area contributed by atoms with Crippen LogP contribution >= 0.6 is 11.8 Å². The molecule has 1 amide bonds. The van der Waals surface area contributed by atoms with Gasteiger partial charge in [-0.2, -0.15) is 0 Å². The summed E-state index contributed by atoms with van der Waals surface area (Å²) in [5.41, 5.74) is 1.70.